The number of rotatable bonds is 6. The number of hydrogen-bond acceptors (Lipinski definition) is 3. The summed E-state index contributed by atoms with van der Waals surface area (Å²) in [5.41, 5.74) is -0.0533. The van der Waals surface area contributed by atoms with Crippen LogP contribution < -0.4 is 5.32 Å². The highest BCUT2D eigenvalue weighted by atomic mass is 16.5. The molecular weight excluding hydrogens is 264 g/mol. The topological polar surface area (TPSA) is 41.6 Å². The minimum Gasteiger partial charge on any atom is -0.364 e. The van der Waals surface area contributed by atoms with Crippen molar-refractivity contribution in [2.45, 2.75) is 37.3 Å². The van der Waals surface area contributed by atoms with Crippen molar-refractivity contribution >= 4 is 5.91 Å². The van der Waals surface area contributed by atoms with Crippen LogP contribution in [-0.2, 0) is 15.1 Å². The standard InChI is InChI=1S/C17H24N2O2/c1-16(21-2,14-7-4-3-5-8-14)15(20)18-17(9-10-17)13-19-11-6-12-19/h3-5,7-8H,6,9-13H2,1-2H3,(H,18,20). The Morgan fingerprint density at radius 1 is 1.33 bits per heavy atom. The number of carbonyl (C=O) groups excluding carboxylic acids is 1. The van der Waals surface area contributed by atoms with Crippen LogP contribution in [0, 0.1) is 0 Å². The van der Waals surface area contributed by atoms with E-state index in [1.807, 2.05) is 37.3 Å². The molecule has 21 heavy (non-hydrogen) atoms. The molecule has 0 spiro atoms. The number of nitrogens with one attached hydrogen (secondary N) is 1. The Morgan fingerprint density at radius 2 is 2.00 bits per heavy atom. The smallest absolute Gasteiger partial charge is 0.257 e. The molecule has 1 heterocycles. The summed E-state index contributed by atoms with van der Waals surface area (Å²) < 4.78 is 5.58. The molecule has 1 aromatic carbocycles. The van der Waals surface area contributed by atoms with Gasteiger partial charge in [-0.2, -0.15) is 0 Å². The molecule has 1 N–H and O–H groups in total. The van der Waals surface area contributed by atoms with Crippen molar-refractivity contribution in [1.29, 1.82) is 0 Å². The fourth-order valence-electron chi connectivity index (χ4n) is 2.90. The molecule has 0 radical (unpaired) electrons. The minimum absolute atomic E-state index is 0.0218. The summed E-state index contributed by atoms with van der Waals surface area (Å²) in [6.07, 6.45) is 3.43. The van der Waals surface area contributed by atoms with Gasteiger partial charge < -0.3 is 15.0 Å². The first-order valence-corrected chi connectivity index (χ1v) is 7.74. The van der Waals surface area contributed by atoms with Gasteiger partial charge >= 0.3 is 0 Å². The van der Waals surface area contributed by atoms with E-state index in [2.05, 4.69) is 10.2 Å². The Morgan fingerprint density at radius 3 is 2.48 bits per heavy atom. The zero-order valence-corrected chi connectivity index (χ0v) is 12.9. The number of amides is 1. The molecule has 0 bridgehead atoms. The van der Waals surface area contributed by atoms with Crippen LogP contribution in [0.25, 0.3) is 0 Å². The molecule has 1 aliphatic heterocycles. The maximum absolute atomic E-state index is 12.8. The average molecular weight is 288 g/mol. The minimum atomic E-state index is -0.925. The van der Waals surface area contributed by atoms with Crippen molar-refractivity contribution in [3.8, 4) is 0 Å². The summed E-state index contributed by atoms with van der Waals surface area (Å²) in [5, 5.41) is 3.25. The third kappa shape index (κ3) is 2.83. The molecular formula is C17H24N2O2. The second kappa shape index (κ2) is 5.43. The van der Waals surface area contributed by atoms with Crippen LogP contribution in [0.5, 0.6) is 0 Å². The summed E-state index contributed by atoms with van der Waals surface area (Å²) in [6, 6.07) is 9.71. The first-order chi connectivity index (χ1) is 10.1. The van der Waals surface area contributed by atoms with Crippen molar-refractivity contribution in [2.75, 3.05) is 26.7 Å². The molecule has 3 rings (SSSR count). The summed E-state index contributed by atoms with van der Waals surface area (Å²) in [7, 11) is 1.60. The van der Waals surface area contributed by atoms with E-state index in [4.69, 9.17) is 4.74 Å². The van der Waals surface area contributed by atoms with Crippen LogP contribution in [0.4, 0.5) is 0 Å². The number of benzene rings is 1. The van der Waals surface area contributed by atoms with Crippen molar-refractivity contribution in [2.24, 2.45) is 0 Å². The summed E-state index contributed by atoms with van der Waals surface area (Å²) >= 11 is 0. The van der Waals surface area contributed by atoms with Gasteiger partial charge in [0, 0.05) is 13.7 Å². The predicted octanol–water partition coefficient (Wildman–Crippen LogP) is 1.90. The number of methoxy groups -OCH3 is 1. The highest BCUT2D eigenvalue weighted by Gasteiger charge is 2.49. The predicted molar refractivity (Wildman–Crippen MR) is 82.0 cm³/mol. The van der Waals surface area contributed by atoms with E-state index in [1.165, 1.54) is 6.42 Å². The Balaban J connectivity index is 1.71. The molecule has 1 amide bonds. The summed E-state index contributed by atoms with van der Waals surface area (Å²) in [6.45, 7) is 5.15. The van der Waals surface area contributed by atoms with Gasteiger partial charge in [-0.1, -0.05) is 30.3 Å². The second-order valence-corrected chi connectivity index (χ2v) is 6.47. The maximum atomic E-state index is 12.8. The van der Waals surface area contributed by atoms with E-state index >= 15 is 0 Å². The first-order valence-electron chi connectivity index (χ1n) is 7.74. The maximum Gasteiger partial charge on any atom is 0.257 e. The SMILES string of the molecule is COC(C)(C(=O)NC1(CN2CCC2)CC1)c1ccccc1. The van der Waals surface area contributed by atoms with Gasteiger partial charge in [-0.25, -0.2) is 0 Å². The first kappa shape index (κ1) is 14.5. The van der Waals surface area contributed by atoms with Gasteiger partial charge in [-0.15, -0.1) is 0 Å². The van der Waals surface area contributed by atoms with Gasteiger partial charge in [0.1, 0.15) is 0 Å². The quantitative estimate of drug-likeness (QED) is 0.869. The summed E-state index contributed by atoms with van der Waals surface area (Å²) in [4.78, 5) is 15.2. The van der Waals surface area contributed by atoms with E-state index in [0.29, 0.717) is 0 Å². The summed E-state index contributed by atoms with van der Waals surface area (Å²) in [5.74, 6) is -0.0331. The molecule has 2 fully saturated rings. The van der Waals surface area contributed by atoms with Crippen LogP contribution in [0.3, 0.4) is 0 Å². The zero-order chi connectivity index (χ0) is 14.9. The van der Waals surface area contributed by atoms with Crippen molar-refractivity contribution in [3.05, 3.63) is 35.9 Å². The fourth-order valence-corrected chi connectivity index (χ4v) is 2.90. The molecule has 1 saturated heterocycles. The van der Waals surface area contributed by atoms with Crippen LogP contribution >= 0.6 is 0 Å². The van der Waals surface area contributed by atoms with Crippen LogP contribution in [0.1, 0.15) is 31.7 Å². The normalized spacial score (nSPS) is 23.0. The molecule has 1 unspecified atom stereocenters. The molecule has 1 saturated carbocycles. The molecule has 4 nitrogen and oxygen atoms in total. The van der Waals surface area contributed by atoms with Gasteiger partial charge in [0.15, 0.2) is 5.60 Å². The van der Waals surface area contributed by atoms with E-state index in [1.54, 1.807) is 7.11 Å². The van der Waals surface area contributed by atoms with Gasteiger partial charge in [0.25, 0.3) is 5.91 Å². The van der Waals surface area contributed by atoms with Gasteiger partial charge in [-0.05, 0) is 44.8 Å². The molecule has 1 atom stereocenters. The number of ether oxygens (including phenoxy) is 1. The van der Waals surface area contributed by atoms with Crippen molar-refractivity contribution in [3.63, 3.8) is 0 Å². The molecule has 0 aromatic heterocycles. The molecule has 114 valence electrons. The molecule has 1 aromatic rings. The zero-order valence-electron chi connectivity index (χ0n) is 12.9. The van der Waals surface area contributed by atoms with E-state index in [-0.39, 0.29) is 11.4 Å². The largest absolute Gasteiger partial charge is 0.364 e. The highest BCUT2D eigenvalue weighted by molar-refractivity contribution is 5.87. The van der Waals surface area contributed by atoms with E-state index in [9.17, 15) is 4.79 Å². The Bertz CT molecular complexity index is 509. The molecule has 2 aliphatic rings. The molecule has 4 heteroatoms. The highest BCUT2D eigenvalue weighted by Crippen LogP contribution is 2.38. The number of likely N-dealkylation sites (tertiary alicyclic amines) is 1. The lowest BCUT2D eigenvalue weighted by Crippen LogP contribution is -2.54. The average Bonchev–Trinajstić information content (AvgIpc) is 3.23. The Labute approximate surface area is 126 Å². The van der Waals surface area contributed by atoms with Crippen LogP contribution in [0.2, 0.25) is 0 Å². The van der Waals surface area contributed by atoms with E-state index < -0.39 is 5.60 Å². The van der Waals surface area contributed by atoms with Crippen molar-refractivity contribution < 1.29 is 9.53 Å². The number of nitrogens with zero attached hydrogens (tertiary/aromatic N) is 1. The fraction of sp³-hybridized carbons (Fsp3) is 0.588. The third-order valence-electron chi connectivity index (χ3n) is 4.87. The second-order valence-electron chi connectivity index (χ2n) is 6.47. The van der Waals surface area contributed by atoms with E-state index in [0.717, 1.165) is 38.0 Å². The lowest BCUT2D eigenvalue weighted by molar-refractivity contribution is -0.144. The molecule has 1 aliphatic carbocycles. The van der Waals surface area contributed by atoms with Gasteiger partial charge in [0.05, 0.1) is 5.54 Å². The number of carbonyl (C=O) groups is 1. The lowest BCUT2D eigenvalue weighted by atomic mass is 9.94. The monoisotopic (exact) mass is 288 g/mol. The lowest BCUT2D eigenvalue weighted by Gasteiger charge is -2.36. The Kier molecular flexibility index (Phi) is 3.76. The number of hydrogen-bond donors (Lipinski definition) is 1. The third-order valence-corrected chi connectivity index (χ3v) is 4.87. The van der Waals surface area contributed by atoms with Crippen LogP contribution in [0.15, 0.2) is 30.3 Å². The van der Waals surface area contributed by atoms with Gasteiger partial charge in [0.2, 0.25) is 0 Å². The Hall–Kier alpha value is -1.39. The van der Waals surface area contributed by atoms with Gasteiger partial charge in [-0.3, -0.25) is 4.79 Å². The van der Waals surface area contributed by atoms with Crippen LogP contribution in [-0.4, -0.2) is 43.1 Å². The van der Waals surface area contributed by atoms with Crippen molar-refractivity contribution in [1.82, 2.24) is 10.2 Å².